The SMILES string of the molecule is O=C(c1ccc2c(C3CCCCC3)c3n(c2c1)C[C@@H](O)[C@@H](O)c1ncccc1-3)N([O-])S(=O)c1ccccc1. The third-order valence-electron chi connectivity index (χ3n) is 7.73. The molecule has 1 fully saturated rings. The Labute approximate surface area is 222 Å². The fourth-order valence-corrected chi connectivity index (χ4v) is 6.77. The molecule has 2 aromatic heterocycles. The first-order valence-corrected chi connectivity index (χ1v) is 14.0. The van der Waals surface area contributed by atoms with E-state index in [2.05, 4.69) is 4.98 Å². The van der Waals surface area contributed by atoms with Crippen molar-refractivity contribution in [1.29, 1.82) is 0 Å². The fraction of sp³-hybridized carbons (Fsp3) is 0.310. The maximum atomic E-state index is 13.2. The van der Waals surface area contributed by atoms with E-state index in [1.54, 1.807) is 48.7 Å². The maximum Gasteiger partial charge on any atom is 0.255 e. The summed E-state index contributed by atoms with van der Waals surface area (Å²) >= 11 is 0. The molecule has 0 spiro atoms. The van der Waals surface area contributed by atoms with Crippen LogP contribution < -0.4 is 0 Å². The Kier molecular flexibility index (Phi) is 6.61. The quantitative estimate of drug-likeness (QED) is 0.365. The molecule has 1 aliphatic carbocycles. The van der Waals surface area contributed by atoms with Crippen LogP contribution in [0.5, 0.6) is 0 Å². The number of hydrogen-bond acceptors (Lipinski definition) is 6. The number of fused-ring (bicyclic) bond motifs is 5. The summed E-state index contributed by atoms with van der Waals surface area (Å²) < 4.78 is 14.7. The molecule has 4 aromatic rings. The number of hydroxylamine groups is 1. The third-order valence-corrected chi connectivity index (χ3v) is 8.88. The summed E-state index contributed by atoms with van der Waals surface area (Å²) in [6.07, 6.45) is 4.83. The minimum atomic E-state index is -2.20. The zero-order valence-corrected chi connectivity index (χ0v) is 21.5. The summed E-state index contributed by atoms with van der Waals surface area (Å²) in [6.45, 7) is 0.102. The standard InChI is InChI=1S/C29H28N3O5S/c33-24-17-31-23-16-19(29(35)32(36)38(37)20-10-5-2-6-11-20)13-14-21(23)25(18-8-3-1-4-9-18)27(31)22-12-7-15-30-26(22)28(24)34/h2,5-7,10-16,18,24,28,33-34H,1,3-4,8-9,17H2/q-1/t24-,28-,38?/m1/s1. The van der Waals surface area contributed by atoms with Crippen molar-refractivity contribution >= 4 is 27.8 Å². The van der Waals surface area contributed by atoms with Gasteiger partial charge in [0.1, 0.15) is 23.2 Å². The molecule has 0 radical (unpaired) electrons. The molecule has 3 atom stereocenters. The van der Waals surface area contributed by atoms with E-state index in [0.717, 1.165) is 47.9 Å². The molecule has 0 saturated heterocycles. The molecule has 1 unspecified atom stereocenters. The predicted molar refractivity (Wildman–Crippen MR) is 144 cm³/mol. The van der Waals surface area contributed by atoms with E-state index in [1.165, 1.54) is 6.42 Å². The van der Waals surface area contributed by atoms with E-state index in [-0.39, 0.29) is 27.4 Å². The number of amides is 1. The van der Waals surface area contributed by atoms with Crippen LogP contribution in [0.4, 0.5) is 0 Å². The number of benzene rings is 2. The lowest BCUT2D eigenvalue weighted by Gasteiger charge is -2.26. The zero-order chi connectivity index (χ0) is 26.4. The molecule has 1 saturated carbocycles. The van der Waals surface area contributed by atoms with Gasteiger partial charge in [-0.1, -0.05) is 43.5 Å². The van der Waals surface area contributed by atoms with Crippen LogP contribution in [0.2, 0.25) is 0 Å². The maximum absolute atomic E-state index is 13.2. The highest BCUT2D eigenvalue weighted by Crippen LogP contribution is 2.47. The number of aromatic nitrogens is 2. The van der Waals surface area contributed by atoms with Crippen LogP contribution in [-0.4, -0.2) is 40.5 Å². The van der Waals surface area contributed by atoms with Gasteiger partial charge in [-0.25, -0.2) is 4.21 Å². The zero-order valence-electron chi connectivity index (χ0n) is 20.7. The van der Waals surface area contributed by atoms with Crippen molar-refractivity contribution in [3.05, 3.63) is 88.9 Å². The highest BCUT2D eigenvalue weighted by molar-refractivity contribution is 7.83. The van der Waals surface area contributed by atoms with E-state index in [4.69, 9.17) is 0 Å². The van der Waals surface area contributed by atoms with Crippen LogP contribution in [0.1, 0.15) is 65.7 Å². The second-order valence-electron chi connectivity index (χ2n) is 10.0. The third kappa shape index (κ3) is 4.16. The van der Waals surface area contributed by atoms with E-state index < -0.39 is 29.1 Å². The molecule has 3 heterocycles. The molecule has 2 N–H and O–H groups in total. The largest absolute Gasteiger partial charge is 0.744 e. The van der Waals surface area contributed by atoms with Gasteiger partial charge in [-0.2, -0.15) is 0 Å². The number of aliphatic hydroxyl groups is 2. The van der Waals surface area contributed by atoms with Crippen molar-refractivity contribution in [3.8, 4) is 11.3 Å². The van der Waals surface area contributed by atoms with E-state index in [1.807, 2.05) is 22.8 Å². The van der Waals surface area contributed by atoms with Crippen LogP contribution >= 0.6 is 0 Å². The monoisotopic (exact) mass is 530 g/mol. The van der Waals surface area contributed by atoms with Crippen LogP contribution in [0.15, 0.2) is 71.8 Å². The highest BCUT2D eigenvalue weighted by Gasteiger charge is 2.34. The van der Waals surface area contributed by atoms with Crippen molar-refractivity contribution in [3.63, 3.8) is 0 Å². The van der Waals surface area contributed by atoms with Crippen LogP contribution in [0, 0.1) is 5.21 Å². The summed E-state index contributed by atoms with van der Waals surface area (Å²) in [6, 6.07) is 17.0. The molecule has 0 bridgehead atoms. The average molecular weight is 531 g/mol. The Morgan fingerprint density at radius 3 is 2.55 bits per heavy atom. The summed E-state index contributed by atoms with van der Waals surface area (Å²) in [5.41, 5.74) is 4.00. The Hall–Kier alpha value is -3.37. The number of pyridine rings is 1. The highest BCUT2D eigenvalue weighted by atomic mass is 32.2. The van der Waals surface area contributed by atoms with Gasteiger partial charge in [0.05, 0.1) is 22.8 Å². The van der Waals surface area contributed by atoms with Crippen molar-refractivity contribution in [1.82, 2.24) is 14.0 Å². The van der Waals surface area contributed by atoms with Gasteiger partial charge >= 0.3 is 0 Å². The fourth-order valence-electron chi connectivity index (χ4n) is 5.93. The van der Waals surface area contributed by atoms with E-state index in [9.17, 15) is 24.4 Å². The molecule has 9 heteroatoms. The summed E-state index contributed by atoms with van der Waals surface area (Å²) in [4.78, 5) is 17.8. The lowest BCUT2D eigenvalue weighted by molar-refractivity contribution is 0.00883. The van der Waals surface area contributed by atoms with E-state index >= 15 is 0 Å². The smallest absolute Gasteiger partial charge is 0.255 e. The molecule has 8 nitrogen and oxygen atoms in total. The topological polar surface area (TPSA) is 119 Å². The van der Waals surface area contributed by atoms with Gasteiger partial charge in [-0.3, -0.25) is 9.78 Å². The van der Waals surface area contributed by atoms with Gasteiger partial charge in [0.15, 0.2) is 0 Å². The van der Waals surface area contributed by atoms with Crippen LogP contribution in [-0.2, 0) is 17.5 Å². The van der Waals surface area contributed by atoms with Gasteiger partial charge in [-0.15, -0.1) is 0 Å². The molecule has 2 aromatic carbocycles. The summed E-state index contributed by atoms with van der Waals surface area (Å²) in [5, 5.41) is 35.6. The van der Waals surface area contributed by atoms with Crippen molar-refractivity contribution in [2.45, 2.75) is 61.7 Å². The van der Waals surface area contributed by atoms with Gasteiger partial charge in [-0.05, 0) is 60.7 Å². The normalized spacial score (nSPS) is 20.4. The minimum Gasteiger partial charge on any atom is -0.744 e. The van der Waals surface area contributed by atoms with Crippen LogP contribution in [0.3, 0.4) is 0 Å². The predicted octanol–water partition coefficient (Wildman–Crippen LogP) is 4.82. The van der Waals surface area contributed by atoms with Crippen molar-refractivity contribution in [2.24, 2.45) is 0 Å². The minimum absolute atomic E-state index is 0.00263. The number of carbonyl (C=O) groups is 1. The Morgan fingerprint density at radius 2 is 1.79 bits per heavy atom. The van der Waals surface area contributed by atoms with Crippen molar-refractivity contribution in [2.75, 3.05) is 0 Å². The molecule has 1 amide bonds. The lowest BCUT2D eigenvalue weighted by atomic mass is 9.81. The molecule has 2 aliphatic rings. The number of carbonyl (C=O) groups excluding carboxylic acids is 1. The average Bonchev–Trinajstić information content (AvgIpc) is 3.23. The van der Waals surface area contributed by atoms with E-state index in [0.29, 0.717) is 11.2 Å². The first-order valence-electron chi connectivity index (χ1n) is 12.9. The summed E-state index contributed by atoms with van der Waals surface area (Å²) in [7, 11) is -2.20. The first kappa shape index (κ1) is 24.9. The number of hydrogen-bond donors (Lipinski definition) is 2. The van der Waals surface area contributed by atoms with Gasteiger partial charge in [0, 0.05) is 28.2 Å². The van der Waals surface area contributed by atoms with Crippen LogP contribution in [0.25, 0.3) is 22.2 Å². The van der Waals surface area contributed by atoms with Gasteiger partial charge < -0.3 is 24.5 Å². The number of aliphatic hydroxyl groups excluding tert-OH is 2. The lowest BCUT2D eigenvalue weighted by Crippen LogP contribution is -2.27. The second-order valence-corrected chi connectivity index (χ2v) is 11.3. The molecule has 6 rings (SSSR count). The molecular weight excluding hydrogens is 502 g/mol. The second kappa shape index (κ2) is 10.1. The Balaban J connectivity index is 1.51. The van der Waals surface area contributed by atoms with Gasteiger partial charge in [0.25, 0.3) is 5.91 Å². The molecular formula is C29H28N3O5S-. The molecule has 38 heavy (non-hydrogen) atoms. The first-order chi connectivity index (χ1) is 18.5. The van der Waals surface area contributed by atoms with Crippen molar-refractivity contribution < 1.29 is 19.2 Å². The molecule has 196 valence electrons. The number of rotatable bonds is 4. The molecule has 1 aliphatic heterocycles. The summed E-state index contributed by atoms with van der Waals surface area (Å²) in [5.74, 6) is -0.619. The Morgan fingerprint density at radius 1 is 1.03 bits per heavy atom. The van der Waals surface area contributed by atoms with Gasteiger partial charge in [0.2, 0.25) is 0 Å². The Bertz CT molecular complexity index is 1530. The number of nitrogens with zero attached hydrogens (tertiary/aromatic N) is 3.